The zero-order chi connectivity index (χ0) is 22.3. The van der Waals surface area contributed by atoms with Crippen molar-refractivity contribution in [2.45, 2.75) is 38.4 Å². The third-order valence-corrected chi connectivity index (χ3v) is 5.88. The third-order valence-electron chi connectivity index (χ3n) is 5.88. The van der Waals surface area contributed by atoms with Gasteiger partial charge < -0.3 is 9.30 Å². The predicted octanol–water partition coefficient (Wildman–Crippen LogP) is 4.93. The lowest BCUT2D eigenvalue weighted by Gasteiger charge is -2.19. The summed E-state index contributed by atoms with van der Waals surface area (Å²) in [6.07, 6.45) is 2.85. The summed E-state index contributed by atoms with van der Waals surface area (Å²) in [5, 5.41) is 4.78. The summed E-state index contributed by atoms with van der Waals surface area (Å²) in [6.45, 7) is 0.0394. The van der Waals surface area contributed by atoms with E-state index < -0.39 is 12.7 Å². The topological polar surface area (TPSA) is 55.4 Å². The maximum absolute atomic E-state index is 13.3. The summed E-state index contributed by atoms with van der Waals surface area (Å²) in [5.74, 6) is -0.247. The number of rotatable bonds is 3. The first kappa shape index (κ1) is 20.5. The second-order valence-corrected chi connectivity index (χ2v) is 8.13. The Balaban J connectivity index is 1.62. The highest BCUT2D eigenvalue weighted by molar-refractivity contribution is 5.99. The molecule has 0 saturated carbocycles. The van der Waals surface area contributed by atoms with Crippen LogP contribution in [0.5, 0.6) is 0 Å². The second kappa shape index (κ2) is 7.96. The lowest BCUT2D eigenvalue weighted by Crippen LogP contribution is -2.32. The molecule has 0 unspecified atom stereocenters. The Kier molecular flexibility index (Phi) is 5.11. The van der Waals surface area contributed by atoms with Crippen LogP contribution in [-0.2, 0) is 6.54 Å². The van der Waals surface area contributed by atoms with Crippen LogP contribution in [0, 0.1) is 0 Å². The van der Waals surface area contributed by atoms with Crippen molar-refractivity contribution >= 4 is 22.3 Å². The Labute approximate surface area is 182 Å². The molecule has 0 N–H and O–H groups in total. The molecule has 4 aromatic rings. The molecule has 0 aliphatic carbocycles. The van der Waals surface area contributed by atoms with Crippen LogP contribution in [0.4, 0.5) is 13.2 Å². The van der Waals surface area contributed by atoms with E-state index in [1.807, 2.05) is 40.9 Å². The first-order chi connectivity index (χ1) is 15.4. The van der Waals surface area contributed by atoms with E-state index in [2.05, 4.69) is 10.1 Å². The zero-order valence-corrected chi connectivity index (χ0v) is 17.3. The molecular weight excluding hydrogens is 419 g/mol. The number of amides is 1. The van der Waals surface area contributed by atoms with Gasteiger partial charge in [0.05, 0.1) is 11.2 Å². The first-order valence-electron chi connectivity index (χ1n) is 10.7. The number of hydrogen-bond donors (Lipinski definition) is 0. The number of pyridine rings is 2. The lowest BCUT2D eigenvalue weighted by atomic mass is 10.2. The molecule has 166 valence electrons. The molecule has 1 aliphatic rings. The molecule has 1 fully saturated rings. The molecule has 0 aromatic carbocycles. The Morgan fingerprint density at radius 3 is 2.56 bits per heavy atom. The fourth-order valence-corrected chi connectivity index (χ4v) is 4.35. The van der Waals surface area contributed by atoms with Gasteiger partial charge in [-0.25, -0.2) is 0 Å². The monoisotopic (exact) mass is 441 g/mol. The van der Waals surface area contributed by atoms with E-state index in [0.29, 0.717) is 29.9 Å². The van der Waals surface area contributed by atoms with Gasteiger partial charge in [-0.05, 0) is 43.2 Å². The number of carbonyl (C=O) groups is 1. The molecular formula is C23H22F3N5O. The number of halogens is 3. The van der Waals surface area contributed by atoms with Gasteiger partial charge in [0.25, 0.3) is 5.91 Å². The average molecular weight is 441 g/mol. The molecule has 5 heterocycles. The first-order valence-corrected chi connectivity index (χ1v) is 10.7. The average Bonchev–Trinajstić information content (AvgIpc) is 3.21. The zero-order valence-electron chi connectivity index (χ0n) is 17.3. The molecule has 0 radical (unpaired) electrons. The van der Waals surface area contributed by atoms with Crippen LogP contribution in [0.2, 0.25) is 0 Å². The molecule has 1 saturated heterocycles. The van der Waals surface area contributed by atoms with Crippen LogP contribution in [-0.4, -0.2) is 49.2 Å². The van der Waals surface area contributed by atoms with E-state index in [9.17, 15) is 18.0 Å². The van der Waals surface area contributed by atoms with Crippen LogP contribution in [0.15, 0.2) is 48.8 Å². The number of hydrogen-bond acceptors (Lipinski definition) is 3. The van der Waals surface area contributed by atoms with E-state index in [-0.39, 0.29) is 17.1 Å². The van der Waals surface area contributed by atoms with Crippen molar-refractivity contribution < 1.29 is 18.0 Å². The summed E-state index contributed by atoms with van der Waals surface area (Å²) >= 11 is 0. The number of carbonyl (C=O) groups excluding carboxylic acids is 1. The maximum Gasteiger partial charge on any atom is 0.408 e. The smallest absolute Gasteiger partial charge is 0.337 e. The van der Waals surface area contributed by atoms with E-state index in [1.165, 1.54) is 12.3 Å². The van der Waals surface area contributed by atoms with Gasteiger partial charge in [0.1, 0.15) is 17.9 Å². The Morgan fingerprint density at radius 2 is 1.81 bits per heavy atom. The van der Waals surface area contributed by atoms with Crippen LogP contribution in [0.25, 0.3) is 27.8 Å². The summed E-state index contributed by atoms with van der Waals surface area (Å²) in [7, 11) is 0. The number of alkyl halides is 3. The molecule has 1 amide bonds. The molecule has 32 heavy (non-hydrogen) atoms. The third kappa shape index (κ3) is 3.83. The Hall–Kier alpha value is -3.36. The van der Waals surface area contributed by atoms with Gasteiger partial charge in [-0.3, -0.25) is 14.5 Å². The van der Waals surface area contributed by atoms with Crippen molar-refractivity contribution in [1.29, 1.82) is 0 Å². The molecule has 1 aliphatic heterocycles. The summed E-state index contributed by atoms with van der Waals surface area (Å²) in [4.78, 5) is 19.1. The van der Waals surface area contributed by atoms with Crippen molar-refractivity contribution in [2.75, 3.05) is 13.1 Å². The van der Waals surface area contributed by atoms with Gasteiger partial charge in [0.15, 0.2) is 0 Å². The summed E-state index contributed by atoms with van der Waals surface area (Å²) in [5.41, 5.74) is 2.37. The normalized spacial score (nSPS) is 15.4. The van der Waals surface area contributed by atoms with E-state index in [0.717, 1.165) is 35.9 Å². The van der Waals surface area contributed by atoms with Gasteiger partial charge in [-0.1, -0.05) is 18.9 Å². The largest absolute Gasteiger partial charge is 0.408 e. The number of aromatic nitrogens is 4. The van der Waals surface area contributed by atoms with Gasteiger partial charge in [0.2, 0.25) is 0 Å². The molecule has 0 bridgehead atoms. The molecule has 6 nitrogen and oxygen atoms in total. The Morgan fingerprint density at radius 1 is 1.03 bits per heavy atom. The highest BCUT2D eigenvalue weighted by Gasteiger charge is 2.31. The second-order valence-electron chi connectivity index (χ2n) is 8.13. The molecule has 4 aromatic heterocycles. The van der Waals surface area contributed by atoms with E-state index >= 15 is 0 Å². The summed E-state index contributed by atoms with van der Waals surface area (Å²) in [6, 6.07) is 10.8. The van der Waals surface area contributed by atoms with Crippen LogP contribution >= 0.6 is 0 Å². The van der Waals surface area contributed by atoms with Crippen LogP contribution < -0.4 is 0 Å². The minimum absolute atomic E-state index is 0.147. The fourth-order valence-electron chi connectivity index (χ4n) is 4.35. The van der Waals surface area contributed by atoms with Gasteiger partial charge in [-0.15, -0.1) is 0 Å². The predicted molar refractivity (Wildman–Crippen MR) is 114 cm³/mol. The number of nitrogens with zero attached hydrogens (tertiary/aromatic N) is 5. The number of likely N-dealkylation sites (tertiary alicyclic amines) is 1. The lowest BCUT2D eigenvalue weighted by molar-refractivity contribution is -0.141. The van der Waals surface area contributed by atoms with Gasteiger partial charge >= 0.3 is 6.18 Å². The van der Waals surface area contributed by atoms with Crippen molar-refractivity contribution in [3.63, 3.8) is 0 Å². The minimum Gasteiger partial charge on any atom is -0.337 e. The van der Waals surface area contributed by atoms with E-state index in [4.69, 9.17) is 0 Å². The van der Waals surface area contributed by atoms with Crippen molar-refractivity contribution in [3.8, 4) is 11.4 Å². The molecule has 0 spiro atoms. The van der Waals surface area contributed by atoms with Gasteiger partial charge in [0, 0.05) is 36.4 Å². The van der Waals surface area contributed by atoms with Crippen molar-refractivity contribution in [1.82, 2.24) is 24.1 Å². The van der Waals surface area contributed by atoms with Crippen LogP contribution in [0.3, 0.4) is 0 Å². The molecule has 9 heteroatoms. The highest BCUT2D eigenvalue weighted by Crippen LogP contribution is 2.31. The van der Waals surface area contributed by atoms with Crippen LogP contribution in [0.1, 0.15) is 36.2 Å². The molecule has 5 rings (SSSR count). The maximum atomic E-state index is 13.3. The van der Waals surface area contributed by atoms with Crippen molar-refractivity contribution in [3.05, 3.63) is 54.5 Å². The number of fused-ring (bicyclic) bond motifs is 2. The summed E-state index contributed by atoms with van der Waals surface area (Å²) < 4.78 is 42.7. The fraction of sp³-hybridized carbons (Fsp3) is 0.348. The van der Waals surface area contributed by atoms with E-state index in [1.54, 1.807) is 4.90 Å². The SMILES string of the molecule is O=C(c1cc2c(cn1)c(-c1ccc3ccccn13)nn2CC(F)(F)F)N1CCCCCC1. The molecule has 0 atom stereocenters. The minimum atomic E-state index is -4.45. The standard InChI is InChI=1S/C23H22F3N5O/c24-23(25,26)15-31-20-13-18(22(32)29-10-4-1-2-5-11-29)27-14-17(20)21(28-31)19-9-8-16-7-3-6-12-30(16)19/h3,6-9,12-14H,1-2,4-5,10-11,15H2. The Bertz CT molecular complexity index is 1280. The van der Waals surface area contributed by atoms with Gasteiger partial charge in [-0.2, -0.15) is 18.3 Å². The quantitative estimate of drug-likeness (QED) is 0.453. The van der Waals surface area contributed by atoms with Crippen molar-refractivity contribution in [2.24, 2.45) is 0 Å². The highest BCUT2D eigenvalue weighted by atomic mass is 19.4.